The number of hydrogen-bond acceptors (Lipinski definition) is 11. The molecule has 0 bridgehead atoms. The first-order valence-corrected chi connectivity index (χ1v) is 15.2. The van der Waals surface area contributed by atoms with E-state index in [4.69, 9.17) is 25.8 Å². The zero-order chi connectivity index (χ0) is 29.2. The summed E-state index contributed by atoms with van der Waals surface area (Å²) in [5.41, 5.74) is 1.01. The average molecular weight is 614 g/mol. The van der Waals surface area contributed by atoms with E-state index >= 15 is 0 Å². The molecule has 1 aliphatic carbocycles. The van der Waals surface area contributed by atoms with Crippen molar-refractivity contribution in [1.29, 1.82) is 0 Å². The fraction of sp³-hybridized carbons (Fsp3) is 0.560. The predicted octanol–water partition coefficient (Wildman–Crippen LogP) is 1.55. The number of nitrogens with one attached hydrogen (secondary N) is 1. The minimum Gasteiger partial charge on any atom is -0.393 e. The van der Waals surface area contributed by atoms with Gasteiger partial charge in [-0.15, -0.1) is 0 Å². The third-order valence-corrected chi connectivity index (χ3v) is 9.06. The third-order valence-electron chi connectivity index (χ3n) is 7.43. The van der Waals surface area contributed by atoms with Crippen molar-refractivity contribution in [1.82, 2.24) is 19.7 Å². The van der Waals surface area contributed by atoms with E-state index in [0.29, 0.717) is 11.2 Å². The molecule has 5 rings (SSSR count). The second kappa shape index (κ2) is 12.6. The number of hydrogen-bond donors (Lipinski definition) is 6. The molecule has 6 N–H and O–H groups in total. The van der Waals surface area contributed by atoms with Crippen LogP contribution in [0.2, 0.25) is 5.28 Å². The molecule has 2 aliphatic rings. The van der Waals surface area contributed by atoms with Gasteiger partial charge in [-0.25, -0.2) is 4.68 Å². The van der Waals surface area contributed by atoms with E-state index in [-0.39, 0.29) is 23.6 Å². The summed E-state index contributed by atoms with van der Waals surface area (Å²) in [6.45, 7) is -2.29. The Bertz CT molecular complexity index is 1370. The molecule has 0 radical (unpaired) electrons. The van der Waals surface area contributed by atoms with E-state index in [2.05, 4.69) is 20.4 Å². The molecule has 41 heavy (non-hydrogen) atoms. The van der Waals surface area contributed by atoms with E-state index in [1.807, 2.05) is 6.07 Å². The second-order valence-corrected chi connectivity index (χ2v) is 12.5. The number of ether oxygens (including phenoxy) is 3. The minimum atomic E-state index is -5.09. The van der Waals surface area contributed by atoms with Gasteiger partial charge in [0.15, 0.2) is 11.9 Å². The molecule has 1 saturated heterocycles. The van der Waals surface area contributed by atoms with Crippen LogP contribution in [0.4, 0.5) is 5.82 Å². The lowest BCUT2D eigenvalue weighted by atomic mass is 10.1. The Kier molecular flexibility index (Phi) is 9.26. The number of rotatable bonds is 12. The molecular weight excluding hydrogens is 581 g/mol. The van der Waals surface area contributed by atoms with Gasteiger partial charge in [-0.05, 0) is 30.0 Å². The molecule has 224 valence electrons. The van der Waals surface area contributed by atoms with Gasteiger partial charge in [0, 0.05) is 6.04 Å². The van der Waals surface area contributed by atoms with Crippen LogP contribution in [0.5, 0.6) is 0 Å². The maximum atomic E-state index is 12.4. The smallest absolute Gasteiger partial charge is 0.361 e. The number of fused-ring (bicyclic) bond motifs is 1. The molecule has 0 spiro atoms. The molecule has 0 amide bonds. The summed E-state index contributed by atoms with van der Waals surface area (Å²) < 4.78 is 30.5. The minimum absolute atomic E-state index is 0.0175. The molecule has 14 nitrogen and oxygen atoms in total. The van der Waals surface area contributed by atoms with Crippen LogP contribution in [0.1, 0.15) is 37.5 Å². The Morgan fingerprint density at radius 2 is 1.88 bits per heavy atom. The molecule has 3 aromatic rings. The van der Waals surface area contributed by atoms with Gasteiger partial charge < -0.3 is 44.6 Å². The van der Waals surface area contributed by atoms with Crippen LogP contribution in [0.15, 0.2) is 36.5 Å². The lowest BCUT2D eigenvalue weighted by Gasteiger charge is -2.33. The van der Waals surface area contributed by atoms with Gasteiger partial charge in [0.2, 0.25) is 10.6 Å². The first-order valence-electron chi connectivity index (χ1n) is 13.2. The van der Waals surface area contributed by atoms with Gasteiger partial charge in [-0.2, -0.15) is 15.1 Å². The van der Waals surface area contributed by atoms with Crippen molar-refractivity contribution in [3.63, 3.8) is 0 Å². The van der Waals surface area contributed by atoms with Gasteiger partial charge in [0.05, 0.1) is 38.0 Å². The molecule has 5 atom stereocenters. The summed E-state index contributed by atoms with van der Waals surface area (Å²) in [5, 5.41) is 37.3. The van der Waals surface area contributed by atoms with E-state index in [9.17, 15) is 29.7 Å². The Morgan fingerprint density at radius 1 is 1.15 bits per heavy atom. The largest absolute Gasteiger partial charge is 0.393 e. The molecule has 0 unspecified atom stereocenters. The first kappa shape index (κ1) is 30.2. The summed E-state index contributed by atoms with van der Waals surface area (Å²) in [7, 11) is -5.09. The van der Waals surface area contributed by atoms with Crippen LogP contribution in [0.3, 0.4) is 0 Å². The van der Waals surface area contributed by atoms with Crippen LogP contribution >= 0.6 is 19.2 Å². The summed E-state index contributed by atoms with van der Waals surface area (Å²) in [5.74, 6) is 0.496. The quantitative estimate of drug-likeness (QED) is 0.127. The molecule has 1 aliphatic heterocycles. The molecule has 2 aromatic heterocycles. The van der Waals surface area contributed by atoms with Crippen molar-refractivity contribution < 1.29 is 43.9 Å². The standard InChI is InChI=1S/C25H33ClN5O9P/c26-24-29-21(28-16-8-4-5-9-16)17-10-27-31(22(17)30-24)23-20(34)19(33)18(40-23)12-39-25(13-32,41(35,36)37)14-38-11-15-6-2-1-3-7-15/h1-3,6-7,10,16,18-20,23,32-34H,4-5,8-9,11-14H2,(H,28,29,30)(H2,35,36,37)/t18-,19-,20-,23-,25+/m0/s1. The highest BCUT2D eigenvalue weighted by molar-refractivity contribution is 7.53. The van der Waals surface area contributed by atoms with E-state index < -0.39 is 57.3 Å². The maximum Gasteiger partial charge on any atom is 0.361 e. The van der Waals surface area contributed by atoms with Crippen molar-refractivity contribution in [3.05, 3.63) is 47.4 Å². The average Bonchev–Trinajstić information content (AvgIpc) is 3.67. The van der Waals surface area contributed by atoms with Crippen LogP contribution in [-0.2, 0) is 25.4 Å². The number of aliphatic hydroxyl groups excluding tert-OH is 3. The number of anilines is 1. The summed E-state index contributed by atoms with van der Waals surface area (Å²) in [6.07, 6.45) is 0.230. The SMILES string of the molecule is O=P(O)(O)[C@](CO)(COCc1ccccc1)OC[C@@H]1O[C@H](n2ncc3c(NC4CCCC4)nc(Cl)nc32)[C@@H](O)[C@H]1O. The lowest BCUT2D eigenvalue weighted by Crippen LogP contribution is -2.45. The van der Waals surface area contributed by atoms with Gasteiger partial charge in [-0.3, -0.25) is 4.57 Å². The summed E-state index contributed by atoms with van der Waals surface area (Å²) in [4.78, 5) is 28.6. The Hall–Kier alpha value is -2.23. The Labute approximate surface area is 240 Å². The van der Waals surface area contributed by atoms with Gasteiger partial charge in [0.1, 0.15) is 24.1 Å². The van der Waals surface area contributed by atoms with Crippen LogP contribution in [0.25, 0.3) is 11.0 Å². The van der Waals surface area contributed by atoms with Crippen molar-refractivity contribution in [2.75, 3.05) is 25.1 Å². The van der Waals surface area contributed by atoms with Gasteiger partial charge in [-0.1, -0.05) is 43.2 Å². The molecular formula is C25H33ClN5O9P. The Balaban J connectivity index is 1.30. The maximum absolute atomic E-state index is 12.4. The second-order valence-electron chi connectivity index (χ2n) is 10.3. The van der Waals surface area contributed by atoms with Crippen LogP contribution in [0, 0.1) is 0 Å². The van der Waals surface area contributed by atoms with Crippen molar-refractivity contribution >= 4 is 36.0 Å². The molecule has 1 saturated carbocycles. The van der Waals surface area contributed by atoms with Crippen molar-refractivity contribution in [3.8, 4) is 0 Å². The number of nitrogens with zero attached hydrogens (tertiary/aromatic N) is 4. The zero-order valence-corrected chi connectivity index (χ0v) is 23.6. The van der Waals surface area contributed by atoms with E-state index in [1.165, 1.54) is 10.9 Å². The third kappa shape index (κ3) is 6.42. The van der Waals surface area contributed by atoms with Crippen LogP contribution < -0.4 is 5.32 Å². The number of aromatic nitrogens is 4. The number of aliphatic hydroxyl groups is 3. The van der Waals surface area contributed by atoms with E-state index in [1.54, 1.807) is 24.3 Å². The highest BCUT2D eigenvalue weighted by atomic mass is 35.5. The summed E-state index contributed by atoms with van der Waals surface area (Å²) >= 11 is 6.19. The molecule has 2 fully saturated rings. The number of halogens is 1. The van der Waals surface area contributed by atoms with E-state index in [0.717, 1.165) is 31.2 Å². The lowest BCUT2D eigenvalue weighted by molar-refractivity contribution is -0.131. The molecule has 3 heterocycles. The predicted molar refractivity (Wildman–Crippen MR) is 146 cm³/mol. The van der Waals surface area contributed by atoms with Crippen LogP contribution in [-0.4, -0.2) is 94.4 Å². The fourth-order valence-corrected chi connectivity index (χ4v) is 5.91. The molecule has 16 heteroatoms. The first-order chi connectivity index (χ1) is 19.6. The normalized spacial score (nSPS) is 25.1. The highest BCUT2D eigenvalue weighted by Gasteiger charge is 2.51. The van der Waals surface area contributed by atoms with Gasteiger partial charge >= 0.3 is 7.60 Å². The highest BCUT2D eigenvalue weighted by Crippen LogP contribution is 2.51. The number of benzene rings is 1. The van der Waals surface area contributed by atoms with Crippen molar-refractivity contribution in [2.24, 2.45) is 0 Å². The van der Waals surface area contributed by atoms with Gasteiger partial charge in [0.25, 0.3) is 0 Å². The topological polar surface area (TPSA) is 202 Å². The summed E-state index contributed by atoms with van der Waals surface area (Å²) in [6, 6.07) is 9.17. The zero-order valence-electron chi connectivity index (χ0n) is 22.0. The Morgan fingerprint density at radius 3 is 2.56 bits per heavy atom. The van der Waals surface area contributed by atoms with Crippen molar-refractivity contribution in [2.45, 2.75) is 68.2 Å². The fourth-order valence-electron chi connectivity index (χ4n) is 5.06. The molecule has 1 aromatic carbocycles. The monoisotopic (exact) mass is 613 g/mol.